The number of carbonyl (C=O) groups is 2. The topological polar surface area (TPSA) is 184 Å². The quantitative estimate of drug-likeness (QED) is 0.0570. The summed E-state index contributed by atoms with van der Waals surface area (Å²) in [6.45, 7) is 26.1. The molecule has 3 fully saturated rings. The van der Waals surface area contributed by atoms with E-state index in [0.29, 0.717) is 6.54 Å². The number of aliphatic hydroxyl groups is 4. The maximum atomic E-state index is 12.3. The van der Waals surface area contributed by atoms with Crippen molar-refractivity contribution >= 4 is 110 Å². The number of nitrogens with one attached hydrogen (secondary N) is 2. The number of carbonyl (C=O) groups excluding carboxylic acids is 2. The van der Waals surface area contributed by atoms with Crippen LogP contribution >= 0.6 is 81.0 Å². The summed E-state index contributed by atoms with van der Waals surface area (Å²) in [6.07, 6.45) is 10.7. The van der Waals surface area contributed by atoms with Crippen LogP contribution in [0.1, 0.15) is 81.5 Å². The van der Waals surface area contributed by atoms with Gasteiger partial charge in [0.05, 0.1) is 6.04 Å². The second-order valence-corrected chi connectivity index (χ2v) is 25.9. The van der Waals surface area contributed by atoms with Crippen molar-refractivity contribution < 1.29 is 149 Å². The van der Waals surface area contributed by atoms with Crippen molar-refractivity contribution in [3.8, 4) is 35.3 Å². The minimum absolute atomic E-state index is 0. The molecule has 3 aliphatic heterocycles. The maximum Gasteiger partial charge on any atom is 1.00 e. The van der Waals surface area contributed by atoms with Gasteiger partial charge in [-0.25, -0.2) is 4.79 Å². The van der Waals surface area contributed by atoms with Gasteiger partial charge in [0.25, 0.3) is 6.47 Å². The number of likely N-dealkylation sites (tertiary alicyclic amines) is 1. The first-order valence-electron chi connectivity index (χ1n) is 17.6. The summed E-state index contributed by atoms with van der Waals surface area (Å²) in [5.41, 5.74) is 2.92. The van der Waals surface area contributed by atoms with Gasteiger partial charge in [-0.15, -0.1) is 17.5 Å². The van der Waals surface area contributed by atoms with Crippen molar-refractivity contribution in [3.63, 3.8) is 0 Å². The number of terminal acetylenes is 1. The average molecular weight is 1040 g/mol. The molecule has 0 radical (unpaired) electrons. The zero-order valence-corrected chi connectivity index (χ0v) is 52.8. The molecule has 344 valence electrons. The zero-order chi connectivity index (χ0) is 40.3. The van der Waals surface area contributed by atoms with Gasteiger partial charge in [-0.2, -0.15) is 81.0 Å². The third-order valence-corrected chi connectivity index (χ3v) is 9.47. The zero-order valence-electron chi connectivity index (χ0n) is 39.5. The van der Waals surface area contributed by atoms with Crippen LogP contribution in [0.25, 0.3) is 0 Å². The van der Waals surface area contributed by atoms with Crippen LogP contribution in [0.5, 0.6) is 0 Å². The monoisotopic (exact) mass is 1040 g/mol. The molecule has 0 aromatic rings. The van der Waals surface area contributed by atoms with Gasteiger partial charge in [0, 0.05) is 25.7 Å². The van der Waals surface area contributed by atoms with E-state index in [1.165, 1.54) is 0 Å². The van der Waals surface area contributed by atoms with Gasteiger partial charge in [0.1, 0.15) is 38.6 Å². The van der Waals surface area contributed by atoms with Gasteiger partial charge in [0.2, 0.25) is 0 Å². The summed E-state index contributed by atoms with van der Waals surface area (Å²) in [6, 6.07) is -0.0416. The molecule has 6 atom stereocenters. The van der Waals surface area contributed by atoms with Crippen molar-refractivity contribution in [2.24, 2.45) is 0 Å². The smallest absolute Gasteiger partial charge is 1.00 e. The van der Waals surface area contributed by atoms with Crippen LogP contribution in [-0.2, 0) is 14.4 Å². The van der Waals surface area contributed by atoms with Crippen molar-refractivity contribution in [2.45, 2.75) is 160 Å². The first-order chi connectivity index (χ1) is 23.2. The summed E-state index contributed by atoms with van der Waals surface area (Å²) >= 11 is 0. The molecule has 3 aliphatic rings. The standard InChI is InChI=1S/C16H29NO3Si.C11H21NOSi.C8H13NO.CH2O3.CH4O.2K.6H2S.H/c1-15(2,3)20-14(18)17-11-8-9-13(17)16(4,19)10-12-21(5,6)7;1-11(13,7-9-14(2,3)4)10-6-5-8-12-10;1-3-8(2,10)7-5-4-6-9-7;2-1-4-3;1-2;;;;;;;;;/h13,19H,8-9,11H2,1-7H3;10,12-13H,5-6,8H2,1-4H3;1,7,9-10H,4-6H2,2H3;1,3H;2H,1H3;;;6*1H2;/q;;;;;2*+1;;;;;;;-1/p-1/t13-,16-;10-,11-;7-,8-;;;;;;;;;;;/m000.........../s1. The molecule has 12 nitrogen and oxygen atoms in total. The largest absolute Gasteiger partial charge is 1.00 e. The van der Waals surface area contributed by atoms with E-state index in [1.54, 1.807) is 18.7 Å². The van der Waals surface area contributed by atoms with Gasteiger partial charge in [-0.05, 0) is 93.2 Å². The van der Waals surface area contributed by atoms with Gasteiger partial charge in [-0.1, -0.05) is 57.0 Å². The van der Waals surface area contributed by atoms with E-state index < -0.39 is 38.6 Å². The summed E-state index contributed by atoms with van der Waals surface area (Å²) < 4.78 is 5.43. The van der Waals surface area contributed by atoms with Crippen molar-refractivity contribution in [1.29, 1.82) is 0 Å². The Kier molecular flexibility index (Phi) is 59.5. The summed E-state index contributed by atoms with van der Waals surface area (Å²) in [5.74, 6) is 8.43. The Morgan fingerprint density at radius 3 is 1.39 bits per heavy atom. The molecule has 6 N–H and O–H groups in total. The molecule has 3 rings (SSSR count). The van der Waals surface area contributed by atoms with E-state index in [0.717, 1.165) is 58.7 Å². The van der Waals surface area contributed by atoms with E-state index in [-0.39, 0.29) is 216 Å². The normalized spacial score (nSPS) is 19.9. The Morgan fingerprint density at radius 2 is 1.10 bits per heavy atom. The van der Waals surface area contributed by atoms with E-state index in [1.807, 2.05) is 27.7 Å². The molecule has 22 heteroatoms. The molecular weight excluding hydrogens is 957 g/mol. The molecule has 0 spiro atoms. The fourth-order valence-electron chi connectivity index (χ4n) is 5.12. The summed E-state index contributed by atoms with van der Waals surface area (Å²) in [5, 5.41) is 52.3. The Morgan fingerprint density at radius 1 is 0.746 bits per heavy atom. The number of aliphatic hydroxyl groups excluding tert-OH is 1. The van der Waals surface area contributed by atoms with E-state index in [4.69, 9.17) is 26.3 Å². The Hall–Kier alpha value is 2.95. The van der Waals surface area contributed by atoms with Gasteiger partial charge in [0.15, 0.2) is 0 Å². The van der Waals surface area contributed by atoms with Gasteiger partial charge < -0.3 is 52.3 Å². The first-order valence-corrected chi connectivity index (χ1v) is 24.6. The third kappa shape index (κ3) is 40.9. The van der Waals surface area contributed by atoms with Gasteiger partial charge >= 0.3 is 109 Å². The van der Waals surface area contributed by atoms with Crippen LogP contribution in [0.2, 0.25) is 39.3 Å². The van der Waals surface area contributed by atoms with Gasteiger partial charge in [-0.3, -0.25) is 4.79 Å². The molecule has 0 saturated carbocycles. The summed E-state index contributed by atoms with van der Waals surface area (Å²) in [7, 11) is -1.93. The van der Waals surface area contributed by atoms with E-state index in [2.05, 4.69) is 83.7 Å². The second-order valence-electron chi connectivity index (χ2n) is 16.4. The number of hydrogen-bond acceptors (Lipinski definition) is 11. The molecule has 0 bridgehead atoms. The third-order valence-electron chi connectivity index (χ3n) is 7.72. The van der Waals surface area contributed by atoms with Crippen LogP contribution in [0.4, 0.5) is 4.79 Å². The number of rotatable bonds is 4. The average Bonchev–Trinajstić information content (AvgIpc) is 3.83. The maximum absolute atomic E-state index is 12.3. The molecule has 0 unspecified atom stereocenters. The van der Waals surface area contributed by atoms with E-state index in [9.17, 15) is 20.1 Å². The predicted octanol–water partition coefficient (Wildman–Crippen LogP) is -2.65. The molecule has 0 aromatic carbocycles. The van der Waals surface area contributed by atoms with Crippen LogP contribution in [-0.4, -0.2) is 121 Å². The Bertz CT molecular complexity index is 1240. The van der Waals surface area contributed by atoms with Crippen LogP contribution in [0.15, 0.2) is 0 Å². The molecule has 0 aromatic heterocycles. The number of nitrogens with zero attached hydrogens (tertiary/aromatic N) is 1. The molecule has 3 saturated heterocycles. The molecular formula is C37H81K2N3O9S6Si2. The van der Waals surface area contributed by atoms with Crippen molar-refractivity contribution in [3.05, 3.63) is 0 Å². The molecule has 59 heavy (non-hydrogen) atoms. The van der Waals surface area contributed by atoms with Crippen LogP contribution < -0.4 is 119 Å². The fraction of sp³-hybridized carbons (Fsp3) is 0.784. The molecule has 1 amide bonds. The number of amides is 1. The predicted molar refractivity (Wildman–Crippen MR) is 270 cm³/mol. The van der Waals surface area contributed by atoms with Crippen molar-refractivity contribution in [1.82, 2.24) is 15.5 Å². The SMILES string of the molecule is C#C[C@](C)(O)[C@@H]1CCCN1.CC(C)(C)OC(=O)N1CCC[C@H]1[C@@](C)(O)C#C[Si](C)(C)C.CO.C[C@](O)(C#C[Si](C)(C)C)[C@@H]1CCCN1.O=CO[O-].S.S.S.S.S.S.[H-].[K+].[K+]. The fourth-order valence-corrected chi connectivity index (χ4v) is 6.37. The van der Waals surface area contributed by atoms with E-state index >= 15 is 0 Å². The Balaban J connectivity index is -0.0000000606. The minimum Gasteiger partial charge on any atom is -1.00 e. The second kappa shape index (κ2) is 41.2. The van der Waals surface area contributed by atoms with Crippen LogP contribution in [0.3, 0.4) is 0 Å². The first kappa shape index (κ1) is 85.3. The molecule has 3 heterocycles. The molecule has 0 aliphatic carbocycles. The summed E-state index contributed by atoms with van der Waals surface area (Å²) in [4.78, 5) is 25.2. The minimum atomic E-state index is -1.56. The van der Waals surface area contributed by atoms with Crippen molar-refractivity contribution in [2.75, 3.05) is 26.7 Å². The van der Waals surface area contributed by atoms with Crippen LogP contribution in [0, 0.1) is 35.3 Å². The number of ether oxygens (including phenoxy) is 1. The number of hydrogen-bond donors (Lipinski definition) is 6. The Labute approximate surface area is 488 Å².